The van der Waals surface area contributed by atoms with Gasteiger partial charge in [0, 0.05) is 6.92 Å². The Kier molecular flexibility index (Phi) is 5.00. The van der Waals surface area contributed by atoms with Crippen LogP contribution in [-0.4, -0.2) is 30.4 Å². The minimum absolute atomic E-state index is 0.119. The van der Waals surface area contributed by atoms with Gasteiger partial charge in [0.25, 0.3) is 0 Å². The van der Waals surface area contributed by atoms with Gasteiger partial charge < -0.3 is 14.2 Å². The van der Waals surface area contributed by atoms with Gasteiger partial charge in [-0.15, -0.1) is 0 Å². The molecule has 1 aliphatic rings. The quantitative estimate of drug-likeness (QED) is 0.474. The van der Waals surface area contributed by atoms with Gasteiger partial charge in [0.15, 0.2) is 11.7 Å². The molecule has 21 heavy (non-hydrogen) atoms. The normalized spacial score (nSPS) is 24.6. The fourth-order valence-corrected chi connectivity index (χ4v) is 1.85. The molecule has 0 aliphatic carbocycles. The Bertz CT molecular complexity index is 543. The molecular weight excluding hydrogens is 268 g/mol. The summed E-state index contributed by atoms with van der Waals surface area (Å²) in [5.74, 6) is 5.57. The van der Waals surface area contributed by atoms with Crippen LogP contribution in [-0.2, 0) is 25.6 Å². The topological polar surface area (TPSA) is 48.1 Å². The van der Waals surface area contributed by atoms with Crippen molar-refractivity contribution in [3.63, 3.8) is 0 Å². The predicted octanol–water partition coefficient (Wildman–Crippen LogP) is 2.32. The smallest absolute Gasteiger partial charge is 0.303 e. The van der Waals surface area contributed by atoms with E-state index in [-0.39, 0.29) is 18.7 Å². The van der Waals surface area contributed by atoms with E-state index >= 15 is 0 Å². The minimum Gasteiger partial charge on any atom is -0.447 e. The van der Waals surface area contributed by atoms with Crippen molar-refractivity contribution in [1.82, 2.24) is 0 Å². The molecule has 0 amide bonds. The van der Waals surface area contributed by atoms with Crippen molar-refractivity contribution in [3.8, 4) is 11.8 Å². The van der Waals surface area contributed by atoms with Crippen LogP contribution in [0.2, 0.25) is 0 Å². The maximum absolute atomic E-state index is 11.1. The van der Waals surface area contributed by atoms with Crippen molar-refractivity contribution < 1.29 is 19.0 Å². The highest BCUT2D eigenvalue weighted by molar-refractivity contribution is 5.66. The third-order valence-corrected chi connectivity index (χ3v) is 3.31. The van der Waals surface area contributed by atoms with Gasteiger partial charge in [0.05, 0.1) is 19.3 Å². The van der Waals surface area contributed by atoms with Gasteiger partial charge in [0.1, 0.15) is 0 Å². The lowest BCUT2D eigenvalue weighted by atomic mass is 10.1. The molecule has 0 spiro atoms. The van der Waals surface area contributed by atoms with Crippen LogP contribution in [0.3, 0.4) is 0 Å². The van der Waals surface area contributed by atoms with Crippen molar-refractivity contribution >= 4 is 5.97 Å². The molecule has 0 saturated carbocycles. The van der Waals surface area contributed by atoms with E-state index in [1.165, 1.54) is 6.92 Å². The van der Waals surface area contributed by atoms with Crippen LogP contribution < -0.4 is 0 Å². The molecule has 4 heteroatoms. The van der Waals surface area contributed by atoms with E-state index < -0.39 is 11.7 Å². The predicted molar refractivity (Wildman–Crippen MR) is 78.4 cm³/mol. The third kappa shape index (κ3) is 4.89. The molecule has 1 aromatic carbocycles. The van der Waals surface area contributed by atoms with Crippen LogP contribution in [0.25, 0.3) is 0 Å². The molecule has 0 radical (unpaired) electrons. The lowest BCUT2D eigenvalue weighted by Crippen LogP contribution is -2.21. The standard InChI is InChI=1S/C17H20O4/c1-13-17(3,21-13)10-9-16(20-14(2)18)12-19-11-15-7-5-4-6-8-15/h4-8,13,16H,11-12H2,1-3H3. The van der Waals surface area contributed by atoms with Gasteiger partial charge in [-0.2, -0.15) is 0 Å². The van der Waals surface area contributed by atoms with Crippen molar-refractivity contribution in [2.75, 3.05) is 6.61 Å². The fraction of sp³-hybridized carbons (Fsp3) is 0.471. The zero-order valence-electron chi connectivity index (χ0n) is 12.6. The van der Waals surface area contributed by atoms with Crippen molar-refractivity contribution in [2.24, 2.45) is 0 Å². The van der Waals surface area contributed by atoms with E-state index in [0.29, 0.717) is 6.61 Å². The number of hydrogen-bond donors (Lipinski definition) is 0. The van der Waals surface area contributed by atoms with Crippen LogP contribution in [0.1, 0.15) is 26.3 Å². The molecule has 1 fully saturated rings. The molecule has 0 bridgehead atoms. The SMILES string of the molecule is CC(=O)OC(C#CC1(C)OC1C)COCc1ccccc1. The number of carbonyl (C=O) groups is 1. The van der Waals surface area contributed by atoms with Gasteiger partial charge in [-0.1, -0.05) is 42.2 Å². The van der Waals surface area contributed by atoms with E-state index in [9.17, 15) is 4.79 Å². The molecule has 1 aromatic rings. The van der Waals surface area contributed by atoms with Gasteiger partial charge in [-0.25, -0.2) is 0 Å². The van der Waals surface area contributed by atoms with Gasteiger partial charge in [0.2, 0.25) is 0 Å². The fourth-order valence-electron chi connectivity index (χ4n) is 1.85. The molecule has 4 nitrogen and oxygen atoms in total. The summed E-state index contributed by atoms with van der Waals surface area (Å²) in [5, 5.41) is 0. The van der Waals surface area contributed by atoms with Crippen LogP contribution >= 0.6 is 0 Å². The number of epoxide rings is 1. The Balaban J connectivity index is 1.86. The van der Waals surface area contributed by atoms with Crippen molar-refractivity contribution in [2.45, 2.75) is 45.2 Å². The molecule has 2 rings (SSSR count). The third-order valence-electron chi connectivity index (χ3n) is 3.31. The zero-order valence-corrected chi connectivity index (χ0v) is 12.6. The highest BCUT2D eigenvalue weighted by atomic mass is 16.6. The molecule has 112 valence electrons. The summed E-state index contributed by atoms with van der Waals surface area (Å²) in [7, 11) is 0. The van der Waals surface area contributed by atoms with Crippen molar-refractivity contribution in [3.05, 3.63) is 35.9 Å². The summed E-state index contributed by atoms with van der Waals surface area (Å²) >= 11 is 0. The first kappa shape index (κ1) is 15.6. The molecule has 3 unspecified atom stereocenters. The Hall–Kier alpha value is -1.83. The Labute approximate surface area is 125 Å². The summed E-state index contributed by atoms with van der Waals surface area (Å²) in [6, 6.07) is 9.82. The van der Waals surface area contributed by atoms with E-state index in [2.05, 4.69) is 11.8 Å². The number of rotatable bonds is 5. The largest absolute Gasteiger partial charge is 0.447 e. The summed E-state index contributed by atoms with van der Waals surface area (Å²) in [6.45, 7) is 5.95. The average molecular weight is 288 g/mol. The second-order valence-corrected chi connectivity index (χ2v) is 5.24. The van der Waals surface area contributed by atoms with E-state index in [0.717, 1.165) is 5.56 Å². The van der Waals surface area contributed by atoms with Gasteiger partial charge >= 0.3 is 5.97 Å². The molecule has 1 heterocycles. The van der Waals surface area contributed by atoms with Gasteiger partial charge in [-0.3, -0.25) is 4.79 Å². The molecule has 3 atom stereocenters. The summed E-state index contributed by atoms with van der Waals surface area (Å²) in [6.07, 6.45) is -0.451. The average Bonchev–Trinajstić information content (AvgIpc) is 3.04. The van der Waals surface area contributed by atoms with E-state index in [1.54, 1.807) is 0 Å². The summed E-state index contributed by atoms with van der Waals surface area (Å²) < 4.78 is 16.1. The lowest BCUT2D eigenvalue weighted by Gasteiger charge is -2.12. The first-order valence-corrected chi connectivity index (χ1v) is 6.99. The monoisotopic (exact) mass is 288 g/mol. The number of carbonyl (C=O) groups excluding carboxylic acids is 1. The van der Waals surface area contributed by atoms with Crippen LogP contribution in [0.5, 0.6) is 0 Å². The minimum atomic E-state index is -0.570. The maximum atomic E-state index is 11.1. The Morgan fingerprint density at radius 3 is 2.67 bits per heavy atom. The van der Waals surface area contributed by atoms with E-state index in [1.807, 2.05) is 44.2 Å². The number of benzene rings is 1. The summed E-state index contributed by atoms with van der Waals surface area (Å²) in [4.78, 5) is 11.1. The first-order chi connectivity index (χ1) is 9.99. The zero-order chi connectivity index (χ0) is 15.3. The number of ether oxygens (including phenoxy) is 3. The highest BCUT2D eigenvalue weighted by Gasteiger charge is 2.47. The Morgan fingerprint density at radius 1 is 1.43 bits per heavy atom. The molecule has 0 aromatic heterocycles. The number of esters is 1. The maximum Gasteiger partial charge on any atom is 0.303 e. The second-order valence-electron chi connectivity index (χ2n) is 5.24. The Morgan fingerprint density at radius 2 is 2.10 bits per heavy atom. The molecule has 0 N–H and O–H groups in total. The van der Waals surface area contributed by atoms with Crippen LogP contribution in [0, 0.1) is 11.8 Å². The molecular formula is C17H20O4. The summed E-state index contributed by atoms with van der Waals surface area (Å²) in [5.41, 5.74) is 0.649. The van der Waals surface area contributed by atoms with Gasteiger partial charge in [-0.05, 0) is 19.4 Å². The first-order valence-electron chi connectivity index (χ1n) is 6.99. The van der Waals surface area contributed by atoms with Crippen LogP contribution in [0.15, 0.2) is 30.3 Å². The number of hydrogen-bond acceptors (Lipinski definition) is 4. The van der Waals surface area contributed by atoms with Crippen molar-refractivity contribution in [1.29, 1.82) is 0 Å². The lowest BCUT2D eigenvalue weighted by molar-refractivity contribution is -0.146. The highest BCUT2D eigenvalue weighted by Crippen LogP contribution is 2.34. The molecule has 1 aliphatic heterocycles. The van der Waals surface area contributed by atoms with E-state index in [4.69, 9.17) is 14.2 Å². The second kappa shape index (κ2) is 6.75. The van der Waals surface area contributed by atoms with Crippen LogP contribution in [0.4, 0.5) is 0 Å². The molecule has 1 saturated heterocycles.